The maximum atomic E-state index is 13.2. The second kappa shape index (κ2) is 10.7. The zero-order valence-electron chi connectivity index (χ0n) is 20.3. The van der Waals surface area contributed by atoms with Crippen LogP contribution in [0.25, 0.3) is 5.70 Å². The number of unbranched alkanes of at least 4 members (excludes halogenated alkanes) is 1. The van der Waals surface area contributed by atoms with Crippen LogP contribution in [0.5, 0.6) is 0 Å². The first-order valence-corrected chi connectivity index (χ1v) is 13.3. The zero-order chi connectivity index (χ0) is 23.4. The van der Waals surface area contributed by atoms with Gasteiger partial charge >= 0.3 is 0 Å². The summed E-state index contributed by atoms with van der Waals surface area (Å²) in [6.07, 6.45) is 11.1. The highest BCUT2D eigenvalue weighted by Crippen LogP contribution is 2.38. The van der Waals surface area contributed by atoms with Gasteiger partial charge in [-0.2, -0.15) is 0 Å². The molecular formula is C27H36N4OS. The van der Waals surface area contributed by atoms with Gasteiger partial charge < -0.3 is 0 Å². The molecule has 1 aromatic rings. The molecule has 6 heteroatoms. The van der Waals surface area contributed by atoms with Crippen molar-refractivity contribution in [3.05, 3.63) is 58.1 Å². The molecule has 33 heavy (non-hydrogen) atoms. The molecule has 3 atom stereocenters. The van der Waals surface area contributed by atoms with Crippen LogP contribution in [0.4, 0.5) is 0 Å². The summed E-state index contributed by atoms with van der Waals surface area (Å²) in [5.74, 6) is 1.68. The van der Waals surface area contributed by atoms with Crippen molar-refractivity contribution < 1.29 is 4.79 Å². The first kappa shape index (κ1) is 23.8. The van der Waals surface area contributed by atoms with Crippen LogP contribution >= 0.6 is 11.8 Å². The highest BCUT2D eigenvalue weighted by molar-refractivity contribution is 8.13. The van der Waals surface area contributed by atoms with Gasteiger partial charge in [0.05, 0.1) is 5.36 Å². The number of hydrazone groups is 1. The molecule has 0 fully saturated rings. The Kier molecular flexibility index (Phi) is 7.74. The number of nitrogens with zero attached hydrogens (tertiary/aromatic N) is 3. The molecule has 4 rings (SSSR count). The lowest BCUT2D eigenvalue weighted by Gasteiger charge is -2.41. The summed E-state index contributed by atoms with van der Waals surface area (Å²) in [7, 11) is 0. The number of carbonyl (C=O) groups excluding carboxylic acids is 1. The number of allylic oxidation sites excluding steroid dienone is 4. The van der Waals surface area contributed by atoms with E-state index in [1.807, 2.05) is 29.3 Å². The van der Waals surface area contributed by atoms with Crippen LogP contribution in [0.2, 0.25) is 0 Å². The lowest BCUT2D eigenvalue weighted by Crippen LogP contribution is -2.55. The van der Waals surface area contributed by atoms with E-state index in [-0.39, 0.29) is 12.1 Å². The smallest absolute Gasteiger partial charge is 0.276 e. The highest BCUT2D eigenvalue weighted by atomic mass is 32.2. The lowest BCUT2D eigenvalue weighted by molar-refractivity contribution is -0.116. The number of benzene rings is 1. The van der Waals surface area contributed by atoms with Crippen molar-refractivity contribution in [2.24, 2.45) is 21.9 Å². The van der Waals surface area contributed by atoms with Crippen LogP contribution in [0, 0.1) is 11.8 Å². The molecule has 0 saturated heterocycles. The van der Waals surface area contributed by atoms with E-state index in [0.29, 0.717) is 22.7 Å². The van der Waals surface area contributed by atoms with Crippen molar-refractivity contribution in [2.45, 2.75) is 72.4 Å². The Bertz CT molecular complexity index is 1100. The van der Waals surface area contributed by atoms with Crippen LogP contribution in [0.15, 0.2) is 57.7 Å². The Morgan fingerprint density at radius 2 is 2.12 bits per heavy atom. The molecule has 0 saturated carbocycles. The Labute approximate surface area is 201 Å². The van der Waals surface area contributed by atoms with Gasteiger partial charge in [-0.25, -0.2) is 5.01 Å². The zero-order valence-corrected chi connectivity index (χ0v) is 21.1. The number of para-hydroxylation sites is 1. The van der Waals surface area contributed by atoms with Crippen molar-refractivity contribution in [3.8, 4) is 0 Å². The van der Waals surface area contributed by atoms with Gasteiger partial charge in [-0.05, 0) is 57.9 Å². The molecule has 3 aliphatic rings. The predicted octanol–water partition coefficient (Wildman–Crippen LogP) is 4.71. The number of amidine groups is 1. The van der Waals surface area contributed by atoms with Crippen LogP contribution in [0.3, 0.4) is 0 Å². The SMILES string of the molecule is CCCCSC1=NN2C(=c3ccccc3=N[C@@H]2[C@@H]2CC=C(CCC=C(C)C)C[C@@H]2C)C(=O)N1. The van der Waals surface area contributed by atoms with Gasteiger partial charge in [-0.15, -0.1) is 5.10 Å². The van der Waals surface area contributed by atoms with Gasteiger partial charge in [-0.1, -0.05) is 73.5 Å². The van der Waals surface area contributed by atoms with Crippen molar-refractivity contribution in [3.63, 3.8) is 0 Å². The van der Waals surface area contributed by atoms with Gasteiger partial charge in [0, 0.05) is 16.9 Å². The molecular weight excluding hydrogens is 428 g/mol. The van der Waals surface area contributed by atoms with E-state index in [1.165, 1.54) is 5.57 Å². The van der Waals surface area contributed by atoms with Crippen LogP contribution in [-0.4, -0.2) is 28.0 Å². The second-order valence-corrected chi connectivity index (χ2v) is 10.7. The van der Waals surface area contributed by atoms with Gasteiger partial charge in [0.15, 0.2) is 5.17 Å². The maximum absolute atomic E-state index is 13.2. The lowest BCUT2D eigenvalue weighted by atomic mass is 9.77. The standard InChI is InChI=1S/C27H36N4OS/c1-5-6-16-33-27-29-26(32)24-22-12-7-8-13-23(22)28-25(31(24)30-27)21-15-14-20(17-19(21)4)11-9-10-18(2)3/h7-8,10,12-14,19,21,25H,5-6,9,11,15-17H2,1-4H3,(H,29,30,32)/t19-,21+,25-/m0/s1. The molecule has 1 N–H and O–H groups in total. The summed E-state index contributed by atoms with van der Waals surface area (Å²) in [6, 6.07) is 7.96. The minimum Gasteiger partial charge on any atom is -0.298 e. The molecule has 2 aliphatic heterocycles. The molecule has 1 amide bonds. The Morgan fingerprint density at radius 3 is 2.88 bits per heavy atom. The number of thioether (sulfide) groups is 1. The molecule has 0 unspecified atom stereocenters. The summed E-state index contributed by atoms with van der Waals surface area (Å²) in [4.78, 5) is 18.4. The van der Waals surface area contributed by atoms with Gasteiger partial charge in [0.25, 0.3) is 5.91 Å². The number of hydrogen-bond donors (Lipinski definition) is 1. The number of rotatable bonds is 7. The van der Waals surface area contributed by atoms with Crippen LogP contribution in [0.1, 0.15) is 66.2 Å². The van der Waals surface area contributed by atoms with Crippen LogP contribution < -0.4 is 15.9 Å². The van der Waals surface area contributed by atoms with Crippen molar-refractivity contribution >= 4 is 28.5 Å². The number of amides is 1. The summed E-state index contributed by atoms with van der Waals surface area (Å²) >= 11 is 1.63. The first-order valence-electron chi connectivity index (χ1n) is 12.3. The Hall–Kier alpha value is -2.34. The molecule has 0 radical (unpaired) electrons. The minimum atomic E-state index is -0.159. The van der Waals surface area contributed by atoms with Crippen LogP contribution in [-0.2, 0) is 4.79 Å². The van der Waals surface area contributed by atoms with E-state index in [1.54, 1.807) is 17.3 Å². The fourth-order valence-electron chi connectivity index (χ4n) is 4.86. The van der Waals surface area contributed by atoms with Crippen molar-refractivity contribution in [2.75, 3.05) is 5.75 Å². The number of fused-ring (bicyclic) bond motifs is 2. The Balaban J connectivity index is 1.64. The van der Waals surface area contributed by atoms with Crippen molar-refractivity contribution in [1.82, 2.24) is 10.3 Å². The summed E-state index contributed by atoms with van der Waals surface area (Å²) in [5.41, 5.74) is 3.57. The van der Waals surface area contributed by atoms with E-state index >= 15 is 0 Å². The van der Waals surface area contributed by atoms with E-state index in [4.69, 9.17) is 10.1 Å². The van der Waals surface area contributed by atoms with Gasteiger partial charge in [0.1, 0.15) is 11.9 Å². The quantitative estimate of drug-likeness (QED) is 0.470. The molecule has 176 valence electrons. The predicted molar refractivity (Wildman–Crippen MR) is 138 cm³/mol. The fraction of sp³-hybridized carbons (Fsp3) is 0.519. The summed E-state index contributed by atoms with van der Waals surface area (Å²) < 4.78 is 0. The second-order valence-electron chi connectivity index (χ2n) is 9.58. The molecule has 2 heterocycles. The molecule has 0 bridgehead atoms. The molecule has 1 aromatic carbocycles. The third-order valence-electron chi connectivity index (χ3n) is 6.68. The summed E-state index contributed by atoms with van der Waals surface area (Å²) in [5, 5.41) is 12.3. The largest absolute Gasteiger partial charge is 0.298 e. The fourth-order valence-corrected chi connectivity index (χ4v) is 5.80. The van der Waals surface area contributed by atoms with Crippen molar-refractivity contribution in [1.29, 1.82) is 0 Å². The maximum Gasteiger partial charge on any atom is 0.276 e. The highest BCUT2D eigenvalue weighted by Gasteiger charge is 2.40. The minimum absolute atomic E-state index is 0.0715. The first-order chi connectivity index (χ1) is 16.0. The van der Waals surface area contributed by atoms with Gasteiger partial charge in [-0.3, -0.25) is 15.1 Å². The van der Waals surface area contributed by atoms with E-state index in [0.717, 1.165) is 54.9 Å². The molecule has 1 aliphatic carbocycles. The average molecular weight is 465 g/mol. The number of nitrogens with one attached hydrogen (secondary N) is 1. The summed E-state index contributed by atoms with van der Waals surface area (Å²) in [6.45, 7) is 8.83. The Morgan fingerprint density at radius 1 is 1.30 bits per heavy atom. The average Bonchev–Trinajstić information content (AvgIpc) is 2.78. The number of hydrogen-bond acceptors (Lipinski definition) is 5. The monoisotopic (exact) mass is 464 g/mol. The number of carbonyl (C=O) groups is 1. The molecule has 0 aromatic heterocycles. The normalized spacial score (nSPS) is 24.1. The molecule has 5 nitrogen and oxygen atoms in total. The van der Waals surface area contributed by atoms with E-state index in [2.05, 4.69) is 45.2 Å². The topological polar surface area (TPSA) is 57.1 Å². The third kappa shape index (κ3) is 5.43. The van der Waals surface area contributed by atoms with E-state index < -0.39 is 0 Å². The van der Waals surface area contributed by atoms with E-state index in [9.17, 15) is 4.79 Å². The van der Waals surface area contributed by atoms with Gasteiger partial charge in [0.2, 0.25) is 0 Å². The molecule has 0 spiro atoms. The third-order valence-corrected chi connectivity index (χ3v) is 7.63.